The van der Waals surface area contributed by atoms with Crippen molar-refractivity contribution in [2.45, 2.75) is 32.1 Å². The number of carbonyl (C=O) groups excluding carboxylic acids is 1. The molecule has 18 heavy (non-hydrogen) atoms. The number of halogens is 1. The molecule has 5 heteroatoms. The Labute approximate surface area is 111 Å². The van der Waals surface area contributed by atoms with Crippen LogP contribution in [0.4, 0.5) is 5.69 Å². The molecule has 0 saturated heterocycles. The van der Waals surface area contributed by atoms with Crippen molar-refractivity contribution in [2.75, 3.05) is 5.88 Å². The van der Waals surface area contributed by atoms with Crippen LogP contribution in [0.5, 0.6) is 0 Å². The van der Waals surface area contributed by atoms with Gasteiger partial charge in [0.25, 0.3) is 5.69 Å². The number of alkyl halides is 1. The average Bonchev–Trinajstić information content (AvgIpc) is 2.38. The predicted molar refractivity (Wildman–Crippen MR) is 71.2 cm³/mol. The summed E-state index contributed by atoms with van der Waals surface area (Å²) in [6.07, 6.45) is 4.19. The third-order valence-electron chi connectivity index (χ3n) is 2.67. The lowest BCUT2D eigenvalue weighted by Crippen LogP contribution is -2.00. The third-order valence-corrected chi connectivity index (χ3v) is 2.93. The quantitative estimate of drug-likeness (QED) is 0.236. The fraction of sp³-hybridized carbons (Fsp3) is 0.462. The number of carbonyl (C=O) groups is 1. The lowest BCUT2D eigenvalue weighted by Gasteiger charge is -2.01. The van der Waals surface area contributed by atoms with Crippen LogP contribution >= 0.6 is 11.6 Å². The van der Waals surface area contributed by atoms with E-state index >= 15 is 0 Å². The van der Waals surface area contributed by atoms with Crippen LogP contribution in [0.2, 0.25) is 0 Å². The lowest BCUT2D eigenvalue weighted by atomic mass is 10.0. The van der Waals surface area contributed by atoms with E-state index in [0.29, 0.717) is 17.9 Å². The maximum atomic E-state index is 11.8. The van der Waals surface area contributed by atoms with Crippen molar-refractivity contribution >= 4 is 23.1 Å². The van der Waals surface area contributed by atoms with Gasteiger partial charge in [0, 0.05) is 30.0 Å². The molecular formula is C13H16ClNO3. The highest BCUT2D eigenvalue weighted by Gasteiger charge is 2.10. The zero-order valence-electron chi connectivity index (χ0n) is 10.1. The number of hydrogen-bond donors (Lipinski definition) is 0. The second kappa shape index (κ2) is 7.82. The number of benzene rings is 1. The molecule has 0 amide bonds. The minimum absolute atomic E-state index is 0.0374. The van der Waals surface area contributed by atoms with E-state index in [9.17, 15) is 14.9 Å². The van der Waals surface area contributed by atoms with Crippen molar-refractivity contribution in [3.8, 4) is 0 Å². The summed E-state index contributed by atoms with van der Waals surface area (Å²) in [5, 5.41) is 10.6. The van der Waals surface area contributed by atoms with E-state index < -0.39 is 4.92 Å². The van der Waals surface area contributed by atoms with Crippen molar-refractivity contribution in [1.82, 2.24) is 0 Å². The van der Waals surface area contributed by atoms with Gasteiger partial charge in [0.1, 0.15) is 0 Å². The fourth-order valence-corrected chi connectivity index (χ4v) is 1.86. The molecule has 0 aliphatic carbocycles. The van der Waals surface area contributed by atoms with Crippen molar-refractivity contribution < 1.29 is 9.72 Å². The molecule has 1 aromatic rings. The molecule has 0 spiro atoms. The first kappa shape index (κ1) is 14.6. The van der Waals surface area contributed by atoms with Gasteiger partial charge in [0.05, 0.1) is 4.92 Å². The number of nitrogens with zero attached hydrogens (tertiary/aromatic N) is 1. The summed E-state index contributed by atoms with van der Waals surface area (Å²) in [4.78, 5) is 21.9. The van der Waals surface area contributed by atoms with Gasteiger partial charge >= 0.3 is 0 Å². The maximum Gasteiger partial charge on any atom is 0.270 e. The molecular weight excluding hydrogens is 254 g/mol. The van der Waals surface area contributed by atoms with Crippen molar-refractivity contribution in [1.29, 1.82) is 0 Å². The number of nitro groups is 1. The Bertz CT molecular complexity index is 420. The molecule has 0 unspecified atom stereocenters. The normalized spacial score (nSPS) is 10.3. The Kier molecular flexibility index (Phi) is 6.36. The summed E-state index contributed by atoms with van der Waals surface area (Å²) in [6, 6.07) is 5.88. The van der Waals surface area contributed by atoms with Crippen LogP contribution in [0.15, 0.2) is 24.3 Å². The average molecular weight is 270 g/mol. The van der Waals surface area contributed by atoms with Crippen LogP contribution in [0.1, 0.15) is 42.5 Å². The Morgan fingerprint density at radius 2 is 1.94 bits per heavy atom. The first-order chi connectivity index (χ1) is 8.65. The second-order valence-electron chi connectivity index (χ2n) is 4.08. The Morgan fingerprint density at radius 3 is 2.61 bits per heavy atom. The minimum atomic E-state index is -0.489. The highest BCUT2D eigenvalue weighted by molar-refractivity contribution is 6.17. The van der Waals surface area contributed by atoms with E-state index in [1.165, 1.54) is 12.1 Å². The van der Waals surface area contributed by atoms with Gasteiger partial charge in [-0.25, -0.2) is 0 Å². The molecule has 0 fully saturated rings. The topological polar surface area (TPSA) is 60.2 Å². The molecule has 0 heterocycles. The minimum Gasteiger partial charge on any atom is -0.294 e. The van der Waals surface area contributed by atoms with Gasteiger partial charge < -0.3 is 0 Å². The van der Waals surface area contributed by atoms with Crippen LogP contribution < -0.4 is 0 Å². The monoisotopic (exact) mass is 269 g/mol. The number of non-ortho nitro benzene ring substituents is 1. The van der Waals surface area contributed by atoms with Crippen LogP contribution in [0.3, 0.4) is 0 Å². The maximum absolute atomic E-state index is 11.8. The first-order valence-electron chi connectivity index (χ1n) is 5.99. The molecule has 0 aromatic heterocycles. The highest BCUT2D eigenvalue weighted by Crippen LogP contribution is 2.16. The highest BCUT2D eigenvalue weighted by atomic mass is 35.5. The van der Waals surface area contributed by atoms with Gasteiger partial charge in [0.15, 0.2) is 5.78 Å². The number of unbranched alkanes of at least 4 members (excludes halogenated alkanes) is 3. The van der Waals surface area contributed by atoms with Crippen molar-refractivity contribution in [2.24, 2.45) is 0 Å². The van der Waals surface area contributed by atoms with E-state index in [2.05, 4.69) is 0 Å². The Hall–Kier alpha value is -1.42. The fourth-order valence-electron chi connectivity index (χ4n) is 1.67. The number of nitro benzene ring substituents is 1. The zero-order valence-corrected chi connectivity index (χ0v) is 10.9. The molecule has 1 aromatic carbocycles. The van der Waals surface area contributed by atoms with E-state index in [0.717, 1.165) is 25.7 Å². The van der Waals surface area contributed by atoms with Crippen LogP contribution in [0, 0.1) is 10.1 Å². The number of ketones is 1. The summed E-state index contributed by atoms with van der Waals surface area (Å²) in [5.74, 6) is 0.614. The molecule has 1 rings (SSSR count). The predicted octanol–water partition coefficient (Wildman–Crippen LogP) is 3.97. The standard InChI is InChI=1S/C13H16ClNO3/c14-9-4-2-1-3-8-13(16)11-6-5-7-12(10-11)15(17)18/h5-7,10H,1-4,8-9H2. The van der Waals surface area contributed by atoms with Crippen molar-refractivity contribution in [3.63, 3.8) is 0 Å². The Balaban J connectivity index is 2.46. The van der Waals surface area contributed by atoms with Gasteiger partial charge in [0.2, 0.25) is 0 Å². The third kappa shape index (κ3) is 4.84. The van der Waals surface area contributed by atoms with Gasteiger partial charge in [-0.2, -0.15) is 0 Å². The molecule has 0 radical (unpaired) electrons. The molecule has 0 aliphatic rings. The lowest BCUT2D eigenvalue weighted by molar-refractivity contribution is -0.384. The molecule has 0 atom stereocenters. The van der Waals surface area contributed by atoms with E-state index in [4.69, 9.17) is 11.6 Å². The molecule has 4 nitrogen and oxygen atoms in total. The number of hydrogen-bond acceptors (Lipinski definition) is 3. The van der Waals surface area contributed by atoms with E-state index in [1.54, 1.807) is 12.1 Å². The van der Waals surface area contributed by atoms with Crippen LogP contribution in [0.25, 0.3) is 0 Å². The van der Waals surface area contributed by atoms with E-state index in [-0.39, 0.29) is 11.5 Å². The number of rotatable bonds is 8. The van der Waals surface area contributed by atoms with Gasteiger partial charge in [-0.1, -0.05) is 25.0 Å². The SMILES string of the molecule is O=C(CCCCCCCl)c1cccc([N+](=O)[O-])c1. The summed E-state index contributed by atoms with van der Waals surface area (Å²) < 4.78 is 0. The summed E-state index contributed by atoms with van der Waals surface area (Å²) in [5.41, 5.74) is 0.379. The number of Topliss-reactive ketones (excluding diaryl/α,β-unsaturated/α-hetero) is 1. The Morgan fingerprint density at radius 1 is 1.22 bits per heavy atom. The first-order valence-corrected chi connectivity index (χ1v) is 6.52. The summed E-state index contributed by atoms with van der Waals surface area (Å²) in [6.45, 7) is 0. The largest absolute Gasteiger partial charge is 0.294 e. The molecule has 98 valence electrons. The summed E-state index contributed by atoms with van der Waals surface area (Å²) >= 11 is 5.56. The van der Waals surface area contributed by atoms with Gasteiger partial charge in [-0.15, -0.1) is 11.6 Å². The molecule has 0 N–H and O–H groups in total. The van der Waals surface area contributed by atoms with E-state index in [1.807, 2.05) is 0 Å². The van der Waals surface area contributed by atoms with Crippen LogP contribution in [-0.2, 0) is 0 Å². The van der Waals surface area contributed by atoms with Gasteiger partial charge in [-0.05, 0) is 12.8 Å². The zero-order chi connectivity index (χ0) is 13.4. The second-order valence-corrected chi connectivity index (χ2v) is 4.46. The van der Waals surface area contributed by atoms with Gasteiger partial charge in [-0.3, -0.25) is 14.9 Å². The van der Waals surface area contributed by atoms with Crippen molar-refractivity contribution in [3.05, 3.63) is 39.9 Å². The molecule has 0 saturated carbocycles. The molecule has 0 aliphatic heterocycles. The molecule has 0 bridgehead atoms. The smallest absolute Gasteiger partial charge is 0.270 e. The van der Waals surface area contributed by atoms with Crippen LogP contribution in [-0.4, -0.2) is 16.6 Å². The summed E-state index contributed by atoms with van der Waals surface area (Å²) in [7, 11) is 0.